The Kier molecular flexibility index (Phi) is 4.88. The van der Waals surface area contributed by atoms with Gasteiger partial charge in [0, 0.05) is 4.88 Å². The van der Waals surface area contributed by atoms with Gasteiger partial charge in [-0.25, -0.2) is 14.6 Å². The number of nitrogens with zero attached hydrogens (tertiary/aromatic N) is 1. The second-order valence-electron chi connectivity index (χ2n) is 4.63. The Labute approximate surface area is 116 Å². The van der Waals surface area contributed by atoms with Crippen LogP contribution in [0.1, 0.15) is 37.3 Å². The van der Waals surface area contributed by atoms with Crippen molar-refractivity contribution in [1.29, 1.82) is 0 Å². The number of urea groups is 1. The summed E-state index contributed by atoms with van der Waals surface area (Å²) in [5.74, 6) is -1.05. The topological polar surface area (TPSA) is 91.3 Å². The molecular weight excluding hydrogens is 266 g/mol. The highest BCUT2D eigenvalue weighted by Gasteiger charge is 2.33. The molecule has 0 aliphatic heterocycles. The monoisotopic (exact) mass is 285 g/mol. The average Bonchev–Trinajstić information content (AvgIpc) is 2.57. The number of carboxylic acids is 1. The van der Waals surface area contributed by atoms with E-state index in [1.54, 1.807) is 0 Å². The number of aromatic nitrogens is 1. The van der Waals surface area contributed by atoms with Gasteiger partial charge in [-0.3, -0.25) is 5.32 Å². The third-order valence-corrected chi connectivity index (χ3v) is 3.85. The van der Waals surface area contributed by atoms with Crippen LogP contribution < -0.4 is 10.6 Å². The Morgan fingerprint density at radius 1 is 1.42 bits per heavy atom. The second kappa shape index (κ2) is 6.01. The van der Waals surface area contributed by atoms with E-state index in [4.69, 9.17) is 0 Å². The van der Waals surface area contributed by atoms with Gasteiger partial charge in [-0.05, 0) is 27.2 Å². The molecular formula is C12H19N3O3S. The van der Waals surface area contributed by atoms with Crippen molar-refractivity contribution in [2.24, 2.45) is 0 Å². The normalized spacial score (nSPS) is 13.7. The van der Waals surface area contributed by atoms with Crippen LogP contribution in [0.5, 0.6) is 0 Å². The molecule has 1 atom stereocenters. The first-order valence-electron chi connectivity index (χ1n) is 6.05. The molecule has 2 amide bonds. The molecule has 1 rings (SSSR count). The minimum absolute atomic E-state index is 0.367. The van der Waals surface area contributed by atoms with E-state index >= 15 is 0 Å². The number of amides is 2. The maximum absolute atomic E-state index is 11.8. The molecule has 0 aliphatic rings. The highest BCUT2D eigenvalue weighted by molar-refractivity contribution is 7.15. The largest absolute Gasteiger partial charge is 0.480 e. The zero-order chi connectivity index (χ0) is 14.6. The second-order valence-corrected chi connectivity index (χ2v) is 5.83. The molecule has 0 fully saturated rings. The van der Waals surface area contributed by atoms with Gasteiger partial charge in [0.05, 0.1) is 5.69 Å². The third kappa shape index (κ3) is 3.92. The highest BCUT2D eigenvalue weighted by Crippen LogP contribution is 2.21. The summed E-state index contributed by atoms with van der Waals surface area (Å²) >= 11 is 1.36. The minimum Gasteiger partial charge on any atom is -0.480 e. The van der Waals surface area contributed by atoms with E-state index in [-0.39, 0.29) is 0 Å². The number of hydrogen-bond acceptors (Lipinski definition) is 4. The van der Waals surface area contributed by atoms with Gasteiger partial charge in [0.25, 0.3) is 0 Å². The molecule has 0 aromatic carbocycles. The maximum Gasteiger partial charge on any atom is 0.329 e. The van der Waals surface area contributed by atoms with Crippen molar-refractivity contribution < 1.29 is 14.7 Å². The molecule has 1 aromatic heterocycles. The molecule has 106 valence electrons. The number of nitrogens with one attached hydrogen (secondary N) is 2. The van der Waals surface area contributed by atoms with Crippen molar-refractivity contribution >= 4 is 28.5 Å². The van der Waals surface area contributed by atoms with Crippen LogP contribution in [0.3, 0.4) is 0 Å². The van der Waals surface area contributed by atoms with E-state index in [9.17, 15) is 14.7 Å². The van der Waals surface area contributed by atoms with Crippen molar-refractivity contribution in [1.82, 2.24) is 10.3 Å². The maximum atomic E-state index is 11.8. The molecule has 0 saturated carbocycles. The van der Waals surface area contributed by atoms with Gasteiger partial charge >= 0.3 is 12.0 Å². The van der Waals surface area contributed by atoms with Crippen LogP contribution in [-0.4, -0.2) is 27.6 Å². The van der Waals surface area contributed by atoms with E-state index in [2.05, 4.69) is 15.6 Å². The number of carbonyl (C=O) groups excluding carboxylic acids is 1. The Morgan fingerprint density at radius 3 is 2.47 bits per heavy atom. The van der Waals surface area contributed by atoms with Crippen LogP contribution in [-0.2, 0) is 4.79 Å². The quantitative estimate of drug-likeness (QED) is 0.775. The Hall–Kier alpha value is -1.63. The van der Waals surface area contributed by atoms with Crippen molar-refractivity contribution in [3.8, 4) is 0 Å². The zero-order valence-electron chi connectivity index (χ0n) is 11.5. The molecule has 0 aliphatic carbocycles. The number of aryl methyl sites for hydroxylation is 2. The van der Waals surface area contributed by atoms with Crippen LogP contribution >= 0.6 is 11.3 Å². The smallest absolute Gasteiger partial charge is 0.329 e. The number of carboxylic acid groups (broad SMARTS) is 1. The summed E-state index contributed by atoms with van der Waals surface area (Å²) < 4.78 is 0. The fraction of sp³-hybridized carbons (Fsp3) is 0.583. The lowest BCUT2D eigenvalue weighted by Crippen LogP contribution is -2.53. The van der Waals surface area contributed by atoms with Crippen LogP contribution in [0.25, 0.3) is 0 Å². The van der Waals surface area contributed by atoms with Crippen LogP contribution in [0, 0.1) is 13.8 Å². The standard InChI is InChI=1S/C12H19N3O3S/c1-5-6-12(4,9(16)17)15-10(18)14-11-13-7(2)8(3)19-11/h5-6H2,1-4H3,(H,16,17)(H2,13,14,15,18). The first kappa shape index (κ1) is 15.4. The fourth-order valence-corrected chi connectivity index (χ4v) is 2.44. The number of anilines is 1. The first-order chi connectivity index (χ1) is 8.78. The number of rotatable bonds is 5. The summed E-state index contributed by atoms with van der Waals surface area (Å²) in [6.07, 6.45) is 1.03. The predicted octanol–water partition coefficient (Wildman–Crippen LogP) is 2.52. The summed E-state index contributed by atoms with van der Waals surface area (Å²) in [6, 6.07) is -0.549. The van der Waals surface area contributed by atoms with Crippen LogP contribution in [0.15, 0.2) is 0 Å². The molecule has 0 radical (unpaired) electrons. The number of thiazole rings is 1. The molecule has 1 heterocycles. The zero-order valence-corrected chi connectivity index (χ0v) is 12.3. The lowest BCUT2D eigenvalue weighted by atomic mass is 9.97. The van der Waals surface area contributed by atoms with Crippen molar-refractivity contribution in [3.63, 3.8) is 0 Å². The van der Waals surface area contributed by atoms with Crippen LogP contribution in [0.2, 0.25) is 0 Å². The first-order valence-corrected chi connectivity index (χ1v) is 6.86. The Morgan fingerprint density at radius 2 is 2.05 bits per heavy atom. The van der Waals surface area contributed by atoms with Gasteiger partial charge in [0.15, 0.2) is 5.13 Å². The van der Waals surface area contributed by atoms with Crippen molar-refractivity contribution in [2.45, 2.75) is 46.1 Å². The summed E-state index contributed by atoms with van der Waals surface area (Å²) in [6.45, 7) is 7.13. The molecule has 3 N–H and O–H groups in total. The summed E-state index contributed by atoms with van der Waals surface area (Å²) in [5, 5.41) is 14.7. The van der Waals surface area contributed by atoms with Gasteiger partial charge < -0.3 is 10.4 Å². The minimum atomic E-state index is -1.26. The third-order valence-electron chi connectivity index (χ3n) is 2.86. The number of carbonyl (C=O) groups is 2. The Bertz CT molecular complexity index is 467. The van der Waals surface area contributed by atoms with E-state index < -0.39 is 17.5 Å². The highest BCUT2D eigenvalue weighted by atomic mass is 32.1. The molecule has 1 aromatic rings. The fourth-order valence-electron chi connectivity index (χ4n) is 1.63. The van der Waals surface area contributed by atoms with Gasteiger partial charge in [-0.2, -0.15) is 0 Å². The number of aliphatic carboxylic acids is 1. The molecule has 6 nitrogen and oxygen atoms in total. The molecule has 0 spiro atoms. The lowest BCUT2D eigenvalue weighted by Gasteiger charge is -2.25. The van der Waals surface area contributed by atoms with Gasteiger partial charge in [-0.15, -0.1) is 11.3 Å². The molecule has 1 unspecified atom stereocenters. The molecule has 19 heavy (non-hydrogen) atoms. The predicted molar refractivity (Wildman–Crippen MR) is 74.7 cm³/mol. The average molecular weight is 285 g/mol. The number of hydrogen-bond donors (Lipinski definition) is 3. The van der Waals surface area contributed by atoms with Crippen molar-refractivity contribution in [3.05, 3.63) is 10.6 Å². The summed E-state index contributed by atoms with van der Waals surface area (Å²) in [5.41, 5.74) is -0.407. The van der Waals surface area contributed by atoms with E-state index in [0.717, 1.165) is 10.6 Å². The van der Waals surface area contributed by atoms with Crippen LogP contribution in [0.4, 0.5) is 9.93 Å². The molecule has 7 heteroatoms. The summed E-state index contributed by atoms with van der Waals surface area (Å²) in [4.78, 5) is 28.2. The van der Waals surface area contributed by atoms with E-state index in [1.165, 1.54) is 18.3 Å². The van der Waals surface area contributed by atoms with Crippen molar-refractivity contribution in [2.75, 3.05) is 5.32 Å². The lowest BCUT2D eigenvalue weighted by molar-refractivity contribution is -0.143. The Balaban J connectivity index is 2.70. The van der Waals surface area contributed by atoms with E-state index in [1.807, 2.05) is 20.8 Å². The van der Waals surface area contributed by atoms with Gasteiger partial charge in [-0.1, -0.05) is 13.3 Å². The van der Waals surface area contributed by atoms with Gasteiger partial charge in [0.2, 0.25) is 0 Å². The SMILES string of the molecule is CCCC(C)(NC(=O)Nc1nc(C)c(C)s1)C(=O)O. The summed E-state index contributed by atoms with van der Waals surface area (Å²) in [7, 11) is 0. The molecule has 0 saturated heterocycles. The van der Waals surface area contributed by atoms with Gasteiger partial charge in [0.1, 0.15) is 5.54 Å². The molecule has 0 bridgehead atoms. The van der Waals surface area contributed by atoms with E-state index in [0.29, 0.717) is 18.0 Å².